The zero-order valence-electron chi connectivity index (χ0n) is 29.9. The monoisotopic (exact) mass is 738 g/mol. The zero-order valence-corrected chi connectivity index (χ0v) is 29.9. The standard InChI is InChI=1S/C38H45F3N6O6/c1-24(48)37(52)47(22-26-19-42-20-30(26)41)35(38(2,3)18-32(49)43-13-15-53-16-14-46-33(50)11-12-34(46)51)36-44-31(28-17-27(39)9-10-29(28)40)23-45(36)21-25-7-5-4-6-8-25/h4-12,17,23-24,26,30,35,42,48H,13-16,18-22H2,1-3H3,(H,43,49). The Hall–Kier alpha value is -4.86. The van der Waals surface area contributed by atoms with Gasteiger partial charge in [-0.05, 0) is 30.7 Å². The van der Waals surface area contributed by atoms with Gasteiger partial charge in [-0.15, -0.1) is 0 Å². The van der Waals surface area contributed by atoms with Crippen molar-refractivity contribution in [1.82, 2.24) is 30.0 Å². The number of rotatable bonds is 17. The van der Waals surface area contributed by atoms with E-state index in [1.165, 1.54) is 24.0 Å². The number of nitrogens with one attached hydrogen (secondary N) is 2. The summed E-state index contributed by atoms with van der Waals surface area (Å²) < 4.78 is 52.0. The average Bonchev–Trinajstić information content (AvgIpc) is 3.81. The van der Waals surface area contributed by atoms with Crippen LogP contribution in [0.2, 0.25) is 0 Å². The van der Waals surface area contributed by atoms with E-state index in [0.717, 1.165) is 28.7 Å². The first kappa shape index (κ1) is 39.3. The van der Waals surface area contributed by atoms with Gasteiger partial charge in [0.15, 0.2) is 0 Å². The molecule has 4 amide bonds. The van der Waals surface area contributed by atoms with Crippen molar-refractivity contribution in [2.24, 2.45) is 11.3 Å². The highest BCUT2D eigenvalue weighted by molar-refractivity contribution is 6.12. The number of halogens is 3. The van der Waals surface area contributed by atoms with E-state index in [1.807, 2.05) is 30.3 Å². The molecular weight excluding hydrogens is 693 g/mol. The maximum Gasteiger partial charge on any atom is 0.253 e. The van der Waals surface area contributed by atoms with Gasteiger partial charge < -0.3 is 29.9 Å². The number of amides is 4. The highest BCUT2D eigenvalue weighted by atomic mass is 19.1. The third-order valence-corrected chi connectivity index (χ3v) is 9.38. The second-order valence-corrected chi connectivity index (χ2v) is 14.0. The SMILES string of the molecule is CC(O)C(=O)N(CC1CNCC1F)C(c1nc(-c2cc(F)ccc2F)cn1Cc1ccccc1)C(C)(C)CC(=O)NCCOCCN1C(=O)C=CC1=O. The molecule has 15 heteroatoms. The molecule has 4 unspecified atom stereocenters. The third kappa shape index (κ3) is 9.77. The van der Waals surface area contributed by atoms with Crippen LogP contribution in [0.3, 0.4) is 0 Å². The summed E-state index contributed by atoms with van der Waals surface area (Å²) in [4.78, 5) is 58.2. The van der Waals surface area contributed by atoms with E-state index >= 15 is 8.78 Å². The minimum absolute atomic E-state index is 0.0634. The highest BCUT2D eigenvalue weighted by Gasteiger charge is 2.45. The summed E-state index contributed by atoms with van der Waals surface area (Å²) in [7, 11) is 0. The van der Waals surface area contributed by atoms with E-state index in [9.17, 15) is 28.7 Å². The molecule has 0 aliphatic carbocycles. The van der Waals surface area contributed by atoms with Crippen LogP contribution < -0.4 is 10.6 Å². The first-order chi connectivity index (χ1) is 25.2. The van der Waals surface area contributed by atoms with Gasteiger partial charge in [-0.3, -0.25) is 24.1 Å². The normalized spacial score (nSPS) is 18.4. The molecule has 284 valence electrons. The Balaban J connectivity index is 1.47. The first-order valence-corrected chi connectivity index (χ1v) is 17.5. The van der Waals surface area contributed by atoms with Gasteiger partial charge in [0.05, 0.1) is 31.5 Å². The van der Waals surface area contributed by atoms with Gasteiger partial charge in [0.1, 0.15) is 29.7 Å². The van der Waals surface area contributed by atoms with Gasteiger partial charge in [0, 0.05) is 74.4 Å². The smallest absolute Gasteiger partial charge is 0.253 e. The van der Waals surface area contributed by atoms with Gasteiger partial charge >= 0.3 is 0 Å². The maximum atomic E-state index is 15.2. The van der Waals surface area contributed by atoms with Crippen molar-refractivity contribution in [2.75, 3.05) is 45.9 Å². The molecule has 2 aliphatic heterocycles. The van der Waals surface area contributed by atoms with Crippen LogP contribution >= 0.6 is 0 Å². The lowest BCUT2D eigenvalue weighted by molar-refractivity contribution is -0.147. The lowest BCUT2D eigenvalue weighted by Gasteiger charge is -2.43. The number of imidazole rings is 1. The fraction of sp³-hybridized carbons (Fsp3) is 0.447. The van der Waals surface area contributed by atoms with Crippen LogP contribution in [-0.2, 0) is 30.5 Å². The lowest BCUT2D eigenvalue weighted by atomic mass is 9.78. The number of benzene rings is 2. The Morgan fingerprint density at radius 1 is 1.09 bits per heavy atom. The van der Waals surface area contributed by atoms with E-state index in [0.29, 0.717) is 0 Å². The molecule has 4 atom stereocenters. The molecule has 0 saturated carbocycles. The first-order valence-electron chi connectivity index (χ1n) is 17.5. The summed E-state index contributed by atoms with van der Waals surface area (Å²) in [5.41, 5.74) is -0.342. The largest absolute Gasteiger partial charge is 0.384 e. The molecule has 2 aromatic carbocycles. The molecule has 0 spiro atoms. The molecule has 3 aromatic rings. The number of imide groups is 1. The molecule has 53 heavy (non-hydrogen) atoms. The van der Waals surface area contributed by atoms with E-state index < -0.39 is 64.9 Å². The summed E-state index contributed by atoms with van der Waals surface area (Å²) >= 11 is 0. The number of nitrogens with zero attached hydrogens (tertiary/aromatic N) is 4. The number of carbonyl (C=O) groups excluding carboxylic acids is 4. The fourth-order valence-electron chi connectivity index (χ4n) is 6.73. The van der Waals surface area contributed by atoms with Crippen molar-refractivity contribution >= 4 is 23.6 Å². The minimum atomic E-state index is -1.49. The van der Waals surface area contributed by atoms with Crippen molar-refractivity contribution in [3.63, 3.8) is 0 Å². The van der Waals surface area contributed by atoms with E-state index in [-0.39, 0.29) is 76.0 Å². The molecule has 1 aromatic heterocycles. The molecule has 3 N–H and O–H groups in total. The molecule has 3 heterocycles. The average molecular weight is 739 g/mol. The quantitative estimate of drug-likeness (QED) is 0.142. The minimum Gasteiger partial charge on any atom is -0.384 e. The fourth-order valence-corrected chi connectivity index (χ4v) is 6.73. The summed E-state index contributed by atoms with van der Waals surface area (Å²) in [6.45, 7) is 5.56. The number of hydrogen-bond acceptors (Lipinski definition) is 8. The molecular formula is C38H45F3N6O6. The second kappa shape index (κ2) is 17.3. The molecule has 1 saturated heterocycles. The Kier molecular flexibility index (Phi) is 12.9. The number of alkyl halides is 1. The van der Waals surface area contributed by atoms with Crippen molar-refractivity contribution in [3.05, 3.63) is 89.9 Å². The lowest BCUT2D eigenvalue weighted by Crippen LogP contribution is -2.50. The van der Waals surface area contributed by atoms with Crippen LogP contribution in [0.1, 0.15) is 44.6 Å². The Morgan fingerprint density at radius 2 is 1.81 bits per heavy atom. The van der Waals surface area contributed by atoms with Gasteiger partial charge in [-0.2, -0.15) is 0 Å². The van der Waals surface area contributed by atoms with Crippen LogP contribution in [0, 0.1) is 23.0 Å². The van der Waals surface area contributed by atoms with Gasteiger partial charge in [-0.25, -0.2) is 18.2 Å². The van der Waals surface area contributed by atoms with Gasteiger partial charge in [0.25, 0.3) is 17.7 Å². The molecule has 1 fully saturated rings. The molecule has 0 radical (unpaired) electrons. The van der Waals surface area contributed by atoms with Gasteiger partial charge in [-0.1, -0.05) is 44.2 Å². The molecule has 2 aliphatic rings. The molecule has 5 rings (SSSR count). The summed E-state index contributed by atoms with van der Waals surface area (Å²) in [6.07, 6.45) is 0.968. The summed E-state index contributed by atoms with van der Waals surface area (Å²) in [6, 6.07) is 11.2. The Morgan fingerprint density at radius 3 is 2.47 bits per heavy atom. The van der Waals surface area contributed by atoms with Crippen LogP contribution in [0.5, 0.6) is 0 Å². The van der Waals surface area contributed by atoms with Crippen molar-refractivity contribution in [2.45, 2.75) is 52.1 Å². The number of aliphatic hydroxyl groups is 1. The number of aliphatic hydroxyl groups excluding tert-OH is 1. The van der Waals surface area contributed by atoms with Crippen LogP contribution in [0.15, 0.2) is 66.9 Å². The predicted octanol–water partition coefficient (Wildman–Crippen LogP) is 3.16. The maximum absolute atomic E-state index is 15.2. The van der Waals surface area contributed by atoms with E-state index in [4.69, 9.17) is 9.72 Å². The highest BCUT2D eigenvalue weighted by Crippen LogP contribution is 2.43. The van der Waals surface area contributed by atoms with Crippen molar-refractivity contribution in [3.8, 4) is 11.3 Å². The Bertz CT molecular complexity index is 1800. The number of aromatic nitrogens is 2. The van der Waals surface area contributed by atoms with E-state index in [2.05, 4.69) is 10.6 Å². The van der Waals surface area contributed by atoms with Crippen LogP contribution in [0.4, 0.5) is 13.2 Å². The predicted molar refractivity (Wildman–Crippen MR) is 189 cm³/mol. The van der Waals surface area contributed by atoms with Crippen LogP contribution in [0.25, 0.3) is 11.3 Å². The Labute approximate surface area is 306 Å². The topological polar surface area (TPSA) is 146 Å². The number of carbonyl (C=O) groups is 4. The number of ether oxygens (including phenoxy) is 1. The second-order valence-electron chi connectivity index (χ2n) is 14.0. The summed E-state index contributed by atoms with van der Waals surface area (Å²) in [5, 5.41) is 16.5. The third-order valence-electron chi connectivity index (χ3n) is 9.38. The van der Waals surface area contributed by atoms with Crippen molar-refractivity contribution in [1.29, 1.82) is 0 Å². The molecule has 12 nitrogen and oxygen atoms in total. The zero-order chi connectivity index (χ0) is 38.3. The van der Waals surface area contributed by atoms with Gasteiger partial charge in [0.2, 0.25) is 5.91 Å². The number of hydrogen-bond donors (Lipinski definition) is 3. The summed E-state index contributed by atoms with van der Waals surface area (Å²) in [5.74, 6) is -3.78. The van der Waals surface area contributed by atoms with E-state index in [1.54, 1.807) is 24.6 Å². The molecule has 0 bridgehead atoms. The van der Waals surface area contributed by atoms with Crippen molar-refractivity contribution < 1.29 is 42.2 Å². The van der Waals surface area contributed by atoms with Crippen LogP contribution in [-0.4, -0.2) is 106 Å².